The van der Waals surface area contributed by atoms with Crippen molar-refractivity contribution in [2.45, 2.75) is 18.9 Å². The van der Waals surface area contributed by atoms with Crippen molar-refractivity contribution >= 4 is 23.2 Å². The SMILES string of the molecule is O=C(NC1CCN(C(=O)c2cc(-c3cccs3)on2)CC1)c1ccccc1. The van der Waals surface area contributed by atoms with Crippen LogP contribution < -0.4 is 5.32 Å². The first-order valence-corrected chi connectivity index (χ1v) is 9.74. The largest absolute Gasteiger partial charge is 0.355 e. The van der Waals surface area contributed by atoms with Crippen LogP contribution in [0.3, 0.4) is 0 Å². The lowest BCUT2D eigenvalue weighted by Gasteiger charge is -2.31. The Morgan fingerprint density at radius 3 is 2.59 bits per heavy atom. The minimum absolute atomic E-state index is 0.0701. The molecule has 1 aliphatic rings. The number of nitrogens with one attached hydrogen (secondary N) is 1. The van der Waals surface area contributed by atoms with Gasteiger partial charge in [-0.1, -0.05) is 29.4 Å². The predicted molar refractivity (Wildman–Crippen MR) is 103 cm³/mol. The molecule has 0 aliphatic carbocycles. The zero-order valence-electron chi connectivity index (χ0n) is 14.6. The highest BCUT2D eigenvalue weighted by Crippen LogP contribution is 2.26. The average Bonchev–Trinajstić information content (AvgIpc) is 3.40. The van der Waals surface area contributed by atoms with Crippen molar-refractivity contribution in [2.24, 2.45) is 0 Å². The van der Waals surface area contributed by atoms with Crippen LogP contribution in [0.4, 0.5) is 0 Å². The molecule has 3 heterocycles. The lowest BCUT2D eigenvalue weighted by atomic mass is 10.0. The van der Waals surface area contributed by atoms with E-state index in [1.165, 1.54) is 0 Å². The van der Waals surface area contributed by atoms with E-state index in [1.807, 2.05) is 35.7 Å². The van der Waals surface area contributed by atoms with E-state index in [-0.39, 0.29) is 17.9 Å². The van der Waals surface area contributed by atoms with Gasteiger partial charge in [0.1, 0.15) is 0 Å². The van der Waals surface area contributed by atoms with Gasteiger partial charge in [-0.05, 0) is 36.4 Å². The molecule has 6 nitrogen and oxygen atoms in total. The molecule has 138 valence electrons. The van der Waals surface area contributed by atoms with Gasteiger partial charge in [-0.3, -0.25) is 9.59 Å². The predicted octanol–water partition coefficient (Wildman–Crippen LogP) is 3.44. The van der Waals surface area contributed by atoms with Crippen LogP contribution in [-0.2, 0) is 0 Å². The summed E-state index contributed by atoms with van der Waals surface area (Å²) < 4.78 is 5.30. The number of carbonyl (C=O) groups excluding carboxylic acids is 2. The van der Waals surface area contributed by atoms with Crippen molar-refractivity contribution in [1.29, 1.82) is 0 Å². The molecule has 27 heavy (non-hydrogen) atoms. The van der Waals surface area contributed by atoms with E-state index >= 15 is 0 Å². The summed E-state index contributed by atoms with van der Waals surface area (Å²) >= 11 is 1.54. The average molecular weight is 381 g/mol. The minimum Gasteiger partial charge on any atom is -0.355 e. The van der Waals surface area contributed by atoms with Crippen LogP contribution in [0.2, 0.25) is 0 Å². The van der Waals surface area contributed by atoms with Gasteiger partial charge in [0.15, 0.2) is 11.5 Å². The molecular weight excluding hydrogens is 362 g/mol. The summed E-state index contributed by atoms with van der Waals surface area (Å²) in [5, 5.41) is 8.92. The summed E-state index contributed by atoms with van der Waals surface area (Å²) in [7, 11) is 0. The molecule has 2 aromatic heterocycles. The summed E-state index contributed by atoms with van der Waals surface area (Å²) in [5.74, 6) is 0.408. The fraction of sp³-hybridized carbons (Fsp3) is 0.250. The molecule has 3 aromatic rings. The zero-order valence-corrected chi connectivity index (χ0v) is 15.4. The maximum atomic E-state index is 12.7. The van der Waals surface area contributed by atoms with Crippen molar-refractivity contribution in [3.05, 3.63) is 65.2 Å². The molecule has 0 radical (unpaired) electrons. The summed E-state index contributed by atoms with van der Waals surface area (Å²) in [4.78, 5) is 27.6. The van der Waals surface area contributed by atoms with Gasteiger partial charge in [-0.2, -0.15) is 0 Å². The van der Waals surface area contributed by atoms with Crippen molar-refractivity contribution in [3.8, 4) is 10.6 Å². The number of aromatic nitrogens is 1. The third-order valence-corrected chi connectivity index (χ3v) is 5.53. The minimum atomic E-state index is -0.130. The molecule has 1 saturated heterocycles. The molecule has 0 bridgehead atoms. The van der Waals surface area contributed by atoms with E-state index in [0.29, 0.717) is 30.1 Å². The standard InChI is InChI=1S/C20H19N3O3S/c24-19(14-5-2-1-3-6-14)21-15-8-10-23(11-9-15)20(25)16-13-17(26-22-16)18-7-4-12-27-18/h1-7,12-13,15H,8-11H2,(H,21,24). The van der Waals surface area contributed by atoms with Crippen LogP contribution in [0, 0.1) is 0 Å². The van der Waals surface area contributed by atoms with Crippen molar-refractivity contribution < 1.29 is 14.1 Å². The highest BCUT2D eigenvalue weighted by atomic mass is 32.1. The molecule has 1 aromatic carbocycles. The van der Waals surface area contributed by atoms with E-state index < -0.39 is 0 Å². The Hall–Kier alpha value is -2.93. The number of hydrogen-bond donors (Lipinski definition) is 1. The molecule has 7 heteroatoms. The maximum Gasteiger partial charge on any atom is 0.276 e. The van der Waals surface area contributed by atoms with E-state index in [4.69, 9.17) is 4.52 Å². The topological polar surface area (TPSA) is 75.4 Å². The Kier molecular flexibility index (Phi) is 5.02. The number of thiophene rings is 1. The van der Waals surface area contributed by atoms with Gasteiger partial charge in [-0.15, -0.1) is 11.3 Å². The highest BCUT2D eigenvalue weighted by molar-refractivity contribution is 7.13. The molecule has 1 aliphatic heterocycles. The normalized spacial score (nSPS) is 14.9. The van der Waals surface area contributed by atoms with Gasteiger partial charge < -0.3 is 14.7 Å². The van der Waals surface area contributed by atoms with Crippen LogP contribution in [-0.4, -0.2) is 41.0 Å². The molecule has 0 atom stereocenters. The fourth-order valence-electron chi connectivity index (χ4n) is 3.16. The van der Waals surface area contributed by atoms with Gasteiger partial charge in [0.05, 0.1) is 4.88 Å². The van der Waals surface area contributed by atoms with Gasteiger partial charge >= 0.3 is 0 Å². The maximum absolute atomic E-state index is 12.7. The number of carbonyl (C=O) groups is 2. The Labute approximate surface area is 160 Å². The summed E-state index contributed by atoms with van der Waals surface area (Å²) in [6.07, 6.45) is 1.44. The van der Waals surface area contributed by atoms with Crippen LogP contribution >= 0.6 is 11.3 Å². The number of rotatable bonds is 4. The van der Waals surface area contributed by atoms with Crippen LogP contribution in [0.25, 0.3) is 10.6 Å². The summed E-state index contributed by atoms with van der Waals surface area (Å²) in [6.45, 7) is 1.17. The number of nitrogens with zero attached hydrogens (tertiary/aromatic N) is 2. The lowest BCUT2D eigenvalue weighted by molar-refractivity contribution is 0.0688. The van der Waals surface area contributed by atoms with Crippen LogP contribution in [0.15, 0.2) is 58.4 Å². The Balaban J connectivity index is 1.32. The molecule has 4 rings (SSSR count). The van der Waals surface area contributed by atoms with Gasteiger partial charge in [0.2, 0.25) is 0 Å². The van der Waals surface area contributed by atoms with E-state index in [2.05, 4.69) is 10.5 Å². The number of piperidine rings is 1. The Morgan fingerprint density at radius 1 is 1.11 bits per heavy atom. The van der Waals surface area contributed by atoms with E-state index in [1.54, 1.807) is 34.4 Å². The first-order chi connectivity index (χ1) is 13.2. The van der Waals surface area contributed by atoms with Crippen LogP contribution in [0.1, 0.15) is 33.7 Å². The zero-order chi connectivity index (χ0) is 18.6. The highest BCUT2D eigenvalue weighted by Gasteiger charge is 2.26. The van der Waals surface area contributed by atoms with Crippen molar-refractivity contribution in [3.63, 3.8) is 0 Å². The number of likely N-dealkylation sites (tertiary alicyclic amines) is 1. The number of hydrogen-bond acceptors (Lipinski definition) is 5. The third kappa shape index (κ3) is 3.93. The number of benzene rings is 1. The second-order valence-electron chi connectivity index (χ2n) is 6.46. The molecule has 1 N–H and O–H groups in total. The smallest absolute Gasteiger partial charge is 0.276 e. The first kappa shape index (κ1) is 17.5. The molecule has 2 amide bonds. The Morgan fingerprint density at radius 2 is 1.89 bits per heavy atom. The second-order valence-corrected chi connectivity index (χ2v) is 7.41. The molecule has 0 unspecified atom stereocenters. The second kappa shape index (κ2) is 7.75. The molecule has 0 saturated carbocycles. The quantitative estimate of drug-likeness (QED) is 0.751. The van der Waals surface area contributed by atoms with Crippen molar-refractivity contribution in [2.75, 3.05) is 13.1 Å². The van der Waals surface area contributed by atoms with Gasteiger partial charge in [-0.25, -0.2) is 0 Å². The van der Waals surface area contributed by atoms with Crippen LogP contribution in [0.5, 0.6) is 0 Å². The molecule has 0 spiro atoms. The van der Waals surface area contributed by atoms with E-state index in [9.17, 15) is 9.59 Å². The van der Waals surface area contributed by atoms with Gasteiger partial charge in [0.25, 0.3) is 11.8 Å². The fourth-order valence-corrected chi connectivity index (χ4v) is 3.83. The third-order valence-electron chi connectivity index (χ3n) is 4.65. The van der Waals surface area contributed by atoms with E-state index in [0.717, 1.165) is 17.7 Å². The summed E-state index contributed by atoms with van der Waals surface area (Å²) in [6, 6.07) is 14.8. The first-order valence-electron chi connectivity index (χ1n) is 8.86. The monoisotopic (exact) mass is 381 g/mol. The molecular formula is C20H19N3O3S. The van der Waals surface area contributed by atoms with Gasteiger partial charge in [0, 0.05) is 30.8 Å². The number of amides is 2. The Bertz CT molecular complexity index is 913. The summed E-state index contributed by atoms with van der Waals surface area (Å²) in [5.41, 5.74) is 0.977. The lowest BCUT2D eigenvalue weighted by Crippen LogP contribution is -2.46. The van der Waals surface area contributed by atoms with Crippen molar-refractivity contribution in [1.82, 2.24) is 15.4 Å². The molecule has 1 fully saturated rings.